The van der Waals surface area contributed by atoms with Crippen LogP contribution in [0.5, 0.6) is 0 Å². The van der Waals surface area contributed by atoms with Crippen molar-refractivity contribution in [2.45, 2.75) is 19.4 Å². The lowest BCUT2D eigenvalue weighted by atomic mass is 10.0. The molecule has 0 unspecified atom stereocenters. The first-order valence-corrected chi connectivity index (χ1v) is 7.25. The summed E-state index contributed by atoms with van der Waals surface area (Å²) >= 11 is 8.00. The average Bonchev–Trinajstić information content (AvgIpc) is 2.62. The van der Waals surface area contributed by atoms with Crippen LogP contribution in [0.2, 0.25) is 5.15 Å². The highest BCUT2D eigenvalue weighted by Crippen LogP contribution is 2.21. The van der Waals surface area contributed by atoms with Gasteiger partial charge in [-0.1, -0.05) is 11.6 Å². The van der Waals surface area contributed by atoms with Gasteiger partial charge in [-0.25, -0.2) is 4.98 Å². The lowest BCUT2D eigenvalue weighted by Gasteiger charge is -2.21. The zero-order valence-corrected chi connectivity index (χ0v) is 11.2. The molecule has 1 fully saturated rings. The molecule has 5 heteroatoms. The van der Waals surface area contributed by atoms with E-state index in [1.165, 1.54) is 24.3 Å². The van der Waals surface area contributed by atoms with E-state index in [9.17, 15) is 0 Å². The molecular formula is C11H18ClN3S. The van der Waals surface area contributed by atoms with Crippen LogP contribution in [0.15, 0.2) is 6.20 Å². The first kappa shape index (κ1) is 12.3. The summed E-state index contributed by atoms with van der Waals surface area (Å²) < 4.78 is 1.92. The quantitative estimate of drug-likeness (QED) is 0.900. The van der Waals surface area contributed by atoms with Crippen LogP contribution in [0.4, 0.5) is 0 Å². The molecule has 1 aromatic rings. The number of imidazole rings is 1. The summed E-state index contributed by atoms with van der Waals surface area (Å²) in [7, 11) is 1.95. The normalized spacial score (nSPS) is 17.9. The highest BCUT2D eigenvalue weighted by molar-refractivity contribution is 7.99. The van der Waals surface area contributed by atoms with E-state index in [2.05, 4.69) is 22.1 Å². The molecule has 90 valence electrons. The van der Waals surface area contributed by atoms with Crippen LogP contribution in [-0.2, 0) is 13.6 Å². The fraction of sp³-hybridized carbons (Fsp3) is 0.727. The molecule has 0 radical (unpaired) electrons. The molecule has 2 rings (SSSR count). The minimum absolute atomic E-state index is 0.700. The number of halogens is 1. The molecule has 1 aliphatic heterocycles. The Morgan fingerprint density at radius 3 is 2.94 bits per heavy atom. The highest BCUT2D eigenvalue weighted by Gasteiger charge is 2.13. The number of rotatable bonds is 4. The first-order valence-electron chi connectivity index (χ1n) is 5.72. The number of thioether (sulfide) groups is 1. The van der Waals surface area contributed by atoms with Gasteiger partial charge < -0.3 is 9.88 Å². The second-order valence-corrected chi connectivity index (χ2v) is 5.85. The third-order valence-electron chi connectivity index (χ3n) is 3.08. The van der Waals surface area contributed by atoms with Crippen molar-refractivity contribution in [3.05, 3.63) is 17.2 Å². The van der Waals surface area contributed by atoms with Crippen molar-refractivity contribution >= 4 is 23.4 Å². The second-order valence-electron chi connectivity index (χ2n) is 4.24. The summed E-state index contributed by atoms with van der Waals surface area (Å²) in [4.78, 5) is 4.26. The topological polar surface area (TPSA) is 29.9 Å². The van der Waals surface area contributed by atoms with Crippen molar-refractivity contribution in [3.8, 4) is 0 Å². The molecule has 1 aliphatic rings. The molecular weight excluding hydrogens is 242 g/mol. The molecule has 1 saturated heterocycles. The van der Waals surface area contributed by atoms with Crippen molar-refractivity contribution in [1.29, 1.82) is 0 Å². The fourth-order valence-electron chi connectivity index (χ4n) is 1.93. The van der Waals surface area contributed by atoms with E-state index < -0.39 is 0 Å². The number of nitrogens with zero attached hydrogens (tertiary/aromatic N) is 2. The van der Waals surface area contributed by atoms with Crippen LogP contribution in [0.3, 0.4) is 0 Å². The van der Waals surface area contributed by atoms with E-state index in [1.54, 1.807) is 6.20 Å². The van der Waals surface area contributed by atoms with Gasteiger partial charge in [0.05, 0.1) is 12.7 Å². The number of hydrogen-bond acceptors (Lipinski definition) is 3. The zero-order chi connectivity index (χ0) is 11.4. The fourth-order valence-corrected chi connectivity index (χ4v) is 3.28. The summed E-state index contributed by atoms with van der Waals surface area (Å²) in [5.41, 5.74) is 0. The van der Waals surface area contributed by atoms with Gasteiger partial charge in [-0.3, -0.25) is 0 Å². The second kappa shape index (κ2) is 5.94. The molecule has 0 atom stereocenters. The molecule has 0 amide bonds. The Morgan fingerprint density at radius 1 is 1.56 bits per heavy atom. The molecule has 1 aromatic heterocycles. The summed E-state index contributed by atoms with van der Waals surface area (Å²) in [5.74, 6) is 4.49. The lowest BCUT2D eigenvalue weighted by molar-refractivity contribution is 0.442. The van der Waals surface area contributed by atoms with Gasteiger partial charge >= 0.3 is 0 Å². The maximum atomic E-state index is 5.93. The lowest BCUT2D eigenvalue weighted by Crippen LogP contribution is -2.26. The predicted molar refractivity (Wildman–Crippen MR) is 70.0 cm³/mol. The van der Waals surface area contributed by atoms with Crippen LogP contribution in [0, 0.1) is 5.92 Å². The third-order valence-corrected chi connectivity index (χ3v) is 4.48. The number of hydrogen-bond donors (Lipinski definition) is 1. The highest BCUT2D eigenvalue weighted by atomic mass is 35.5. The van der Waals surface area contributed by atoms with Crippen molar-refractivity contribution in [2.75, 3.05) is 18.1 Å². The number of aromatic nitrogens is 2. The van der Waals surface area contributed by atoms with Gasteiger partial charge in [-0.2, -0.15) is 11.8 Å². The minimum atomic E-state index is 0.700. The largest absolute Gasteiger partial charge is 0.321 e. The Hall–Kier alpha value is -0.190. The molecule has 3 nitrogen and oxygen atoms in total. The molecule has 0 bridgehead atoms. The van der Waals surface area contributed by atoms with E-state index in [0.29, 0.717) is 5.15 Å². The van der Waals surface area contributed by atoms with Crippen LogP contribution >= 0.6 is 23.4 Å². The summed E-state index contributed by atoms with van der Waals surface area (Å²) in [6.45, 7) is 1.91. The molecule has 1 N–H and O–H groups in total. The SMILES string of the molecule is Cn1c(Cl)cnc1CNCC1CCSCC1. The Kier molecular flexibility index (Phi) is 4.55. The van der Waals surface area contributed by atoms with Crippen LogP contribution < -0.4 is 5.32 Å². The van der Waals surface area contributed by atoms with Gasteiger partial charge in [0.2, 0.25) is 0 Å². The van der Waals surface area contributed by atoms with Crippen LogP contribution in [0.25, 0.3) is 0 Å². The van der Waals surface area contributed by atoms with Crippen LogP contribution in [-0.4, -0.2) is 27.6 Å². The van der Waals surface area contributed by atoms with E-state index in [4.69, 9.17) is 11.6 Å². The zero-order valence-electron chi connectivity index (χ0n) is 9.58. The summed E-state index contributed by atoms with van der Waals surface area (Å²) in [6.07, 6.45) is 4.40. The molecule has 0 aromatic carbocycles. The van der Waals surface area contributed by atoms with Crippen molar-refractivity contribution < 1.29 is 0 Å². The monoisotopic (exact) mass is 259 g/mol. The van der Waals surface area contributed by atoms with E-state index in [-0.39, 0.29) is 0 Å². The van der Waals surface area contributed by atoms with Gasteiger partial charge in [0, 0.05) is 7.05 Å². The molecule has 16 heavy (non-hydrogen) atoms. The van der Waals surface area contributed by atoms with Crippen molar-refractivity contribution in [1.82, 2.24) is 14.9 Å². The number of nitrogens with one attached hydrogen (secondary N) is 1. The summed E-state index contributed by atoms with van der Waals surface area (Å²) in [6, 6.07) is 0. The van der Waals surface area contributed by atoms with Gasteiger partial charge in [0.15, 0.2) is 0 Å². The van der Waals surface area contributed by atoms with Gasteiger partial charge in [-0.15, -0.1) is 0 Å². The van der Waals surface area contributed by atoms with Gasteiger partial charge in [0.25, 0.3) is 0 Å². The Bertz CT molecular complexity index is 334. The minimum Gasteiger partial charge on any atom is -0.321 e. The Balaban J connectivity index is 1.73. The van der Waals surface area contributed by atoms with E-state index >= 15 is 0 Å². The third kappa shape index (κ3) is 3.15. The maximum Gasteiger partial charge on any atom is 0.128 e. The van der Waals surface area contributed by atoms with Gasteiger partial charge in [0.1, 0.15) is 11.0 Å². The van der Waals surface area contributed by atoms with Crippen LogP contribution in [0.1, 0.15) is 18.7 Å². The standard InChI is InChI=1S/C11H18ClN3S/c1-15-10(12)7-14-11(15)8-13-6-9-2-4-16-5-3-9/h7,9,13H,2-6,8H2,1H3. The average molecular weight is 260 g/mol. The van der Waals surface area contributed by atoms with E-state index in [0.717, 1.165) is 24.8 Å². The predicted octanol–water partition coefficient (Wildman–Crippen LogP) is 2.31. The Morgan fingerprint density at radius 2 is 2.31 bits per heavy atom. The van der Waals surface area contributed by atoms with Crippen molar-refractivity contribution in [3.63, 3.8) is 0 Å². The Labute approximate surface area is 106 Å². The van der Waals surface area contributed by atoms with Crippen molar-refractivity contribution in [2.24, 2.45) is 13.0 Å². The molecule has 0 spiro atoms. The smallest absolute Gasteiger partial charge is 0.128 e. The molecule has 0 saturated carbocycles. The van der Waals surface area contributed by atoms with Gasteiger partial charge in [-0.05, 0) is 36.8 Å². The maximum absolute atomic E-state index is 5.93. The summed E-state index contributed by atoms with van der Waals surface area (Å²) in [5, 5.41) is 4.17. The van der Waals surface area contributed by atoms with E-state index in [1.807, 2.05) is 11.6 Å². The molecule has 2 heterocycles. The molecule has 0 aliphatic carbocycles. The first-order chi connectivity index (χ1) is 7.77.